The van der Waals surface area contributed by atoms with Crippen LogP contribution in [-0.4, -0.2) is 24.6 Å². The Bertz CT molecular complexity index is 548. The molecule has 0 aliphatic rings. The molecule has 0 aromatic heterocycles. The molecule has 1 aromatic rings. The van der Waals surface area contributed by atoms with Crippen LogP contribution in [0.25, 0.3) is 6.08 Å². The first-order valence-electron chi connectivity index (χ1n) is 9.08. The number of carbonyl (C=O) groups excluding carboxylic acids is 2. The van der Waals surface area contributed by atoms with Gasteiger partial charge in [0.15, 0.2) is 0 Å². The van der Waals surface area contributed by atoms with Crippen LogP contribution in [0, 0.1) is 11.8 Å². The van der Waals surface area contributed by atoms with Crippen LogP contribution in [-0.2, 0) is 19.1 Å². The number of hydrogen-bond acceptors (Lipinski definition) is 4. The largest absolute Gasteiger partial charge is 0.466 e. The fourth-order valence-corrected chi connectivity index (χ4v) is 2.70. The molecule has 0 bridgehead atoms. The van der Waals surface area contributed by atoms with Crippen LogP contribution < -0.4 is 0 Å². The van der Waals surface area contributed by atoms with Gasteiger partial charge in [-0.25, -0.2) is 4.79 Å². The first kappa shape index (κ1) is 20.9. The van der Waals surface area contributed by atoms with Gasteiger partial charge in [0.2, 0.25) is 0 Å². The van der Waals surface area contributed by atoms with Crippen molar-refractivity contribution in [3.05, 3.63) is 42.0 Å². The Kier molecular flexibility index (Phi) is 9.60. The van der Waals surface area contributed by atoms with Crippen LogP contribution in [0.4, 0.5) is 0 Å². The van der Waals surface area contributed by atoms with Crippen LogP contribution in [0.15, 0.2) is 36.4 Å². The first-order valence-corrected chi connectivity index (χ1v) is 9.08. The Hall–Kier alpha value is -2.10. The highest BCUT2D eigenvalue weighted by atomic mass is 16.6. The van der Waals surface area contributed by atoms with Gasteiger partial charge in [0.1, 0.15) is 6.10 Å². The molecular formula is C21H30O4. The summed E-state index contributed by atoms with van der Waals surface area (Å²) in [6.45, 7) is 8.22. The molecule has 2 atom stereocenters. The molecule has 0 N–H and O–H groups in total. The van der Waals surface area contributed by atoms with Gasteiger partial charge in [-0.05, 0) is 37.3 Å². The highest BCUT2D eigenvalue weighted by molar-refractivity contribution is 5.87. The number of ether oxygens (including phenoxy) is 2. The molecule has 0 saturated carbocycles. The van der Waals surface area contributed by atoms with Crippen molar-refractivity contribution in [3.63, 3.8) is 0 Å². The van der Waals surface area contributed by atoms with Crippen LogP contribution in [0.3, 0.4) is 0 Å². The van der Waals surface area contributed by atoms with Crippen molar-refractivity contribution in [1.29, 1.82) is 0 Å². The van der Waals surface area contributed by atoms with Gasteiger partial charge in [-0.2, -0.15) is 0 Å². The maximum Gasteiger partial charge on any atom is 0.331 e. The van der Waals surface area contributed by atoms with Gasteiger partial charge in [0.25, 0.3) is 0 Å². The van der Waals surface area contributed by atoms with E-state index in [9.17, 15) is 9.59 Å². The summed E-state index contributed by atoms with van der Waals surface area (Å²) in [5.41, 5.74) is 0.926. The van der Waals surface area contributed by atoms with E-state index in [1.54, 1.807) is 13.0 Å². The zero-order valence-electron chi connectivity index (χ0n) is 15.7. The highest BCUT2D eigenvalue weighted by Crippen LogP contribution is 2.23. The van der Waals surface area contributed by atoms with Crippen molar-refractivity contribution in [2.75, 3.05) is 6.61 Å². The molecule has 25 heavy (non-hydrogen) atoms. The molecule has 1 aromatic carbocycles. The van der Waals surface area contributed by atoms with E-state index in [4.69, 9.17) is 9.47 Å². The molecular weight excluding hydrogens is 316 g/mol. The Labute approximate surface area is 151 Å². The Morgan fingerprint density at radius 3 is 2.36 bits per heavy atom. The third-order valence-corrected chi connectivity index (χ3v) is 3.82. The maximum atomic E-state index is 12.3. The number of carbonyl (C=O) groups is 2. The molecule has 0 saturated heterocycles. The highest BCUT2D eigenvalue weighted by Gasteiger charge is 2.32. The van der Waals surface area contributed by atoms with Gasteiger partial charge >= 0.3 is 11.9 Å². The van der Waals surface area contributed by atoms with E-state index in [0.29, 0.717) is 25.4 Å². The standard InChI is InChI=1S/C21H30O4/c1-5-10-19(18(15-16(3)4)21(23)24-6-2)25-20(22)14-13-17-11-8-7-9-12-17/h7-9,11-14,16,18-19H,5-6,10,15H2,1-4H3. The van der Waals surface area contributed by atoms with E-state index in [0.717, 1.165) is 12.0 Å². The molecule has 0 aliphatic heterocycles. The summed E-state index contributed by atoms with van der Waals surface area (Å²) in [4.78, 5) is 24.5. The zero-order valence-corrected chi connectivity index (χ0v) is 15.7. The fraction of sp³-hybridized carbons (Fsp3) is 0.524. The molecule has 4 nitrogen and oxygen atoms in total. The van der Waals surface area contributed by atoms with Crippen LogP contribution in [0.2, 0.25) is 0 Å². The molecule has 0 fully saturated rings. The molecule has 0 amide bonds. The summed E-state index contributed by atoms with van der Waals surface area (Å²) < 4.78 is 10.8. The fourth-order valence-electron chi connectivity index (χ4n) is 2.70. The summed E-state index contributed by atoms with van der Waals surface area (Å²) in [6.07, 6.45) is 4.77. The Morgan fingerprint density at radius 1 is 1.12 bits per heavy atom. The van der Waals surface area contributed by atoms with Gasteiger partial charge in [-0.1, -0.05) is 57.5 Å². The van der Waals surface area contributed by atoms with E-state index < -0.39 is 18.0 Å². The van der Waals surface area contributed by atoms with Crippen molar-refractivity contribution in [1.82, 2.24) is 0 Å². The second kappa shape index (κ2) is 11.5. The lowest BCUT2D eigenvalue weighted by Gasteiger charge is -2.26. The summed E-state index contributed by atoms with van der Waals surface area (Å²) in [5.74, 6) is -0.823. The summed E-state index contributed by atoms with van der Waals surface area (Å²) in [5, 5.41) is 0. The van der Waals surface area contributed by atoms with Crippen LogP contribution in [0.5, 0.6) is 0 Å². The molecule has 1 rings (SSSR count). The van der Waals surface area contributed by atoms with Crippen molar-refractivity contribution in [2.24, 2.45) is 11.8 Å². The lowest BCUT2D eigenvalue weighted by Crippen LogP contribution is -2.34. The molecule has 0 spiro atoms. The topological polar surface area (TPSA) is 52.6 Å². The lowest BCUT2D eigenvalue weighted by atomic mass is 9.89. The molecule has 0 radical (unpaired) electrons. The van der Waals surface area contributed by atoms with Gasteiger partial charge in [0.05, 0.1) is 12.5 Å². The second-order valence-corrected chi connectivity index (χ2v) is 6.50. The van der Waals surface area contributed by atoms with E-state index in [1.807, 2.05) is 51.1 Å². The number of benzene rings is 1. The zero-order chi connectivity index (χ0) is 18.7. The van der Waals surface area contributed by atoms with Crippen molar-refractivity contribution in [3.8, 4) is 0 Å². The normalized spacial score (nSPS) is 13.6. The molecule has 4 heteroatoms. The predicted molar refractivity (Wildman–Crippen MR) is 99.8 cm³/mol. The van der Waals surface area contributed by atoms with E-state index in [-0.39, 0.29) is 5.97 Å². The summed E-state index contributed by atoms with van der Waals surface area (Å²) in [6, 6.07) is 9.55. The summed E-state index contributed by atoms with van der Waals surface area (Å²) in [7, 11) is 0. The van der Waals surface area contributed by atoms with Crippen LogP contribution >= 0.6 is 0 Å². The van der Waals surface area contributed by atoms with Crippen LogP contribution in [0.1, 0.15) is 52.5 Å². The minimum atomic E-state index is -0.459. The molecule has 0 heterocycles. The Balaban J connectivity index is 2.82. The molecule has 138 valence electrons. The quantitative estimate of drug-likeness (QED) is 0.457. The van der Waals surface area contributed by atoms with Gasteiger partial charge in [0, 0.05) is 6.08 Å². The Morgan fingerprint density at radius 2 is 1.80 bits per heavy atom. The second-order valence-electron chi connectivity index (χ2n) is 6.50. The van der Waals surface area contributed by atoms with Gasteiger partial charge in [-0.15, -0.1) is 0 Å². The maximum absolute atomic E-state index is 12.3. The number of rotatable bonds is 10. The number of esters is 2. The van der Waals surface area contributed by atoms with Gasteiger partial charge < -0.3 is 9.47 Å². The minimum absolute atomic E-state index is 0.283. The van der Waals surface area contributed by atoms with E-state index in [2.05, 4.69) is 0 Å². The lowest BCUT2D eigenvalue weighted by molar-refractivity contribution is -0.160. The van der Waals surface area contributed by atoms with Crippen molar-refractivity contribution in [2.45, 2.75) is 53.1 Å². The third kappa shape index (κ3) is 8.01. The van der Waals surface area contributed by atoms with E-state index in [1.165, 1.54) is 6.08 Å². The first-order chi connectivity index (χ1) is 12.0. The monoisotopic (exact) mass is 346 g/mol. The average Bonchev–Trinajstić information content (AvgIpc) is 2.58. The van der Waals surface area contributed by atoms with Crippen molar-refractivity contribution >= 4 is 18.0 Å². The summed E-state index contributed by atoms with van der Waals surface area (Å²) >= 11 is 0. The van der Waals surface area contributed by atoms with Gasteiger partial charge in [-0.3, -0.25) is 4.79 Å². The number of hydrogen-bond donors (Lipinski definition) is 0. The minimum Gasteiger partial charge on any atom is -0.466 e. The molecule has 0 aliphatic carbocycles. The van der Waals surface area contributed by atoms with Crippen molar-refractivity contribution < 1.29 is 19.1 Å². The molecule has 2 unspecified atom stereocenters. The SMILES string of the molecule is CCCC(OC(=O)C=Cc1ccccc1)C(CC(C)C)C(=O)OCC. The van der Waals surface area contributed by atoms with E-state index >= 15 is 0 Å². The predicted octanol–water partition coefficient (Wildman–Crippen LogP) is 4.64. The average molecular weight is 346 g/mol. The third-order valence-electron chi connectivity index (χ3n) is 3.82. The smallest absolute Gasteiger partial charge is 0.331 e.